The molecule has 0 atom stereocenters. The molecule has 4 aromatic heterocycles. The Bertz CT molecular complexity index is 1560. The maximum absolute atomic E-state index is 13.6. The van der Waals surface area contributed by atoms with Crippen LogP contribution in [0.25, 0.3) is 32.8 Å². The number of halogens is 3. The number of thiophene rings is 1. The Morgan fingerprint density at radius 3 is 2.51 bits per heavy atom. The number of hydrogen-bond donors (Lipinski definition) is 3. The molecule has 176 valence electrons. The first kappa shape index (κ1) is 22.3. The number of anilines is 1. The maximum Gasteiger partial charge on any atom is 0.433 e. The fourth-order valence-electron chi connectivity index (χ4n) is 3.56. The molecule has 5 rings (SSSR count). The highest BCUT2D eigenvalue weighted by Crippen LogP contribution is 2.43. The topological polar surface area (TPSA) is 127 Å². The van der Waals surface area contributed by atoms with Crippen LogP contribution < -0.4 is 11.1 Å². The Morgan fingerprint density at radius 2 is 1.86 bits per heavy atom. The molecule has 0 fully saturated rings. The zero-order valence-corrected chi connectivity index (χ0v) is 18.3. The fourth-order valence-corrected chi connectivity index (χ4v) is 4.56. The lowest BCUT2D eigenvalue weighted by Gasteiger charge is -2.12. The first-order valence-corrected chi connectivity index (χ1v) is 10.8. The Kier molecular flexibility index (Phi) is 5.36. The van der Waals surface area contributed by atoms with Gasteiger partial charge in [0.05, 0.1) is 12.0 Å². The summed E-state index contributed by atoms with van der Waals surface area (Å²) in [6, 6.07) is 13.9. The van der Waals surface area contributed by atoms with Crippen molar-refractivity contribution in [2.24, 2.45) is 5.73 Å². The van der Waals surface area contributed by atoms with E-state index < -0.39 is 23.7 Å². The number of carbonyl (C=O) groups is 2. The molecule has 0 saturated carbocycles. The smallest absolute Gasteiger partial charge is 0.433 e. The second-order valence-electron chi connectivity index (χ2n) is 7.37. The number of fused-ring (bicyclic) bond motifs is 1. The van der Waals surface area contributed by atoms with E-state index in [4.69, 9.17) is 10.2 Å². The number of rotatable bonds is 5. The van der Waals surface area contributed by atoms with Crippen molar-refractivity contribution < 1.29 is 27.2 Å². The molecular weight excluding hydrogens is 483 g/mol. The number of nitrogens with two attached hydrogens (primary N) is 1. The maximum atomic E-state index is 13.6. The number of amides is 2. The average molecular weight is 497 g/mol. The molecule has 2 amide bonds. The summed E-state index contributed by atoms with van der Waals surface area (Å²) >= 11 is 0.668. The largest absolute Gasteiger partial charge is 0.463 e. The third kappa shape index (κ3) is 4.15. The van der Waals surface area contributed by atoms with Crippen LogP contribution in [-0.4, -0.2) is 27.0 Å². The summed E-state index contributed by atoms with van der Waals surface area (Å²) in [6.45, 7) is 0. The molecule has 0 bridgehead atoms. The number of benzene rings is 1. The summed E-state index contributed by atoms with van der Waals surface area (Å²) in [5, 5.41) is 9.39. The van der Waals surface area contributed by atoms with Gasteiger partial charge in [0.1, 0.15) is 21.1 Å². The normalized spacial score (nSPS) is 11.6. The van der Waals surface area contributed by atoms with Crippen molar-refractivity contribution in [3.63, 3.8) is 0 Å². The van der Waals surface area contributed by atoms with E-state index in [2.05, 4.69) is 20.5 Å². The van der Waals surface area contributed by atoms with E-state index in [0.29, 0.717) is 28.4 Å². The summed E-state index contributed by atoms with van der Waals surface area (Å²) in [5.74, 6) is -1.18. The van der Waals surface area contributed by atoms with Gasteiger partial charge < -0.3 is 15.5 Å². The quantitative estimate of drug-likeness (QED) is 0.303. The lowest BCUT2D eigenvalue weighted by molar-refractivity contribution is -0.140. The molecule has 0 unspecified atom stereocenters. The van der Waals surface area contributed by atoms with Crippen molar-refractivity contribution in [1.82, 2.24) is 15.2 Å². The van der Waals surface area contributed by atoms with Crippen molar-refractivity contribution in [2.75, 3.05) is 5.32 Å². The van der Waals surface area contributed by atoms with Crippen molar-refractivity contribution in [3.05, 3.63) is 77.1 Å². The van der Waals surface area contributed by atoms with Crippen LogP contribution in [0.5, 0.6) is 0 Å². The molecule has 4 N–H and O–H groups in total. The Labute approximate surface area is 198 Å². The van der Waals surface area contributed by atoms with E-state index in [-0.39, 0.29) is 32.0 Å². The molecule has 0 spiro atoms. The molecule has 0 aliphatic rings. The molecule has 1 aromatic carbocycles. The molecule has 12 heteroatoms. The monoisotopic (exact) mass is 497 g/mol. The number of aromatic amines is 1. The second kappa shape index (κ2) is 8.40. The number of H-pyrrole nitrogens is 1. The minimum absolute atomic E-state index is 0.0349. The van der Waals surface area contributed by atoms with Crippen molar-refractivity contribution in [2.45, 2.75) is 6.18 Å². The number of primary amides is 1. The van der Waals surface area contributed by atoms with Crippen LogP contribution in [0.4, 0.5) is 18.9 Å². The molecule has 4 heterocycles. The summed E-state index contributed by atoms with van der Waals surface area (Å²) < 4.78 is 46.0. The zero-order valence-electron chi connectivity index (χ0n) is 17.5. The SMILES string of the molecule is NC(=O)c1sc2nc(C(F)(F)F)cc(-c3ccccc3)c2c1NC(=O)c1cc(-c2ccco2)[nH]n1. The highest BCUT2D eigenvalue weighted by atomic mass is 32.1. The predicted octanol–water partition coefficient (Wildman–Crippen LogP) is 5.32. The molecule has 35 heavy (non-hydrogen) atoms. The van der Waals surface area contributed by atoms with Gasteiger partial charge in [-0.3, -0.25) is 14.7 Å². The predicted molar refractivity (Wildman–Crippen MR) is 123 cm³/mol. The number of nitrogens with one attached hydrogen (secondary N) is 2. The van der Waals surface area contributed by atoms with Gasteiger partial charge >= 0.3 is 6.18 Å². The second-order valence-corrected chi connectivity index (χ2v) is 8.37. The van der Waals surface area contributed by atoms with E-state index in [1.807, 2.05) is 0 Å². The number of furan rings is 1. The number of nitrogens with zero attached hydrogens (tertiary/aromatic N) is 2. The van der Waals surface area contributed by atoms with E-state index in [1.165, 1.54) is 12.3 Å². The molecule has 0 aliphatic carbocycles. The first-order valence-electron chi connectivity index (χ1n) is 10.0. The standard InChI is InChI=1S/C23H14F3N5O3S/c24-23(25,26)16-9-12(11-5-2-1-3-6-11)17-18(19(20(27)32)35-22(17)28-16)29-21(33)14-10-13(30-31-14)15-7-4-8-34-15/h1-10H,(H2,27,32)(H,29,33)(H,30,31). The van der Waals surface area contributed by atoms with Crippen molar-refractivity contribution in [3.8, 4) is 22.6 Å². The van der Waals surface area contributed by atoms with E-state index in [0.717, 1.165) is 6.07 Å². The zero-order chi connectivity index (χ0) is 24.7. The minimum atomic E-state index is -4.73. The third-order valence-corrected chi connectivity index (χ3v) is 6.19. The molecule has 0 radical (unpaired) electrons. The lowest BCUT2D eigenvalue weighted by Crippen LogP contribution is -2.17. The summed E-state index contributed by atoms with van der Waals surface area (Å²) in [6.07, 6.45) is -3.27. The van der Waals surface area contributed by atoms with Gasteiger partial charge in [-0.05, 0) is 29.3 Å². The van der Waals surface area contributed by atoms with Crippen LogP contribution in [0.15, 0.2) is 65.3 Å². The molecule has 0 aliphatic heterocycles. The summed E-state index contributed by atoms with van der Waals surface area (Å²) in [7, 11) is 0. The van der Waals surface area contributed by atoms with Crippen LogP contribution in [0.3, 0.4) is 0 Å². The molecule has 8 nitrogen and oxygen atoms in total. The fraction of sp³-hybridized carbons (Fsp3) is 0.0435. The number of alkyl halides is 3. The van der Waals surface area contributed by atoms with Gasteiger partial charge in [0.2, 0.25) is 0 Å². The highest BCUT2D eigenvalue weighted by molar-refractivity contribution is 7.21. The third-order valence-electron chi connectivity index (χ3n) is 5.10. The van der Waals surface area contributed by atoms with Gasteiger partial charge in [0.25, 0.3) is 11.8 Å². The summed E-state index contributed by atoms with van der Waals surface area (Å²) in [4.78, 5) is 28.7. The molecular formula is C23H14F3N5O3S. The first-order chi connectivity index (χ1) is 16.7. The van der Waals surface area contributed by atoms with Crippen LogP contribution in [0.1, 0.15) is 25.9 Å². The van der Waals surface area contributed by atoms with Gasteiger partial charge in [0, 0.05) is 11.5 Å². The van der Waals surface area contributed by atoms with Gasteiger partial charge in [-0.1, -0.05) is 30.3 Å². The minimum Gasteiger partial charge on any atom is -0.463 e. The van der Waals surface area contributed by atoms with Gasteiger partial charge in [-0.15, -0.1) is 11.3 Å². The number of pyridine rings is 1. The molecule has 0 saturated heterocycles. The van der Waals surface area contributed by atoms with Crippen molar-refractivity contribution in [1.29, 1.82) is 0 Å². The van der Waals surface area contributed by atoms with Gasteiger partial charge in [0.15, 0.2) is 11.5 Å². The Morgan fingerprint density at radius 1 is 1.09 bits per heavy atom. The average Bonchev–Trinajstić information content (AvgIpc) is 3.58. The Hall–Kier alpha value is -4.45. The lowest BCUT2D eigenvalue weighted by atomic mass is 10.0. The highest BCUT2D eigenvalue weighted by Gasteiger charge is 2.35. The van der Waals surface area contributed by atoms with Crippen LogP contribution >= 0.6 is 11.3 Å². The summed E-state index contributed by atoms with van der Waals surface area (Å²) in [5.41, 5.74) is 5.32. The van der Waals surface area contributed by atoms with Crippen molar-refractivity contribution >= 4 is 39.1 Å². The van der Waals surface area contributed by atoms with Gasteiger partial charge in [-0.25, -0.2) is 4.98 Å². The van der Waals surface area contributed by atoms with Crippen LogP contribution in [0.2, 0.25) is 0 Å². The number of carbonyl (C=O) groups excluding carboxylic acids is 2. The van der Waals surface area contributed by atoms with E-state index in [9.17, 15) is 22.8 Å². The van der Waals surface area contributed by atoms with Crippen LogP contribution in [-0.2, 0) is 6.18 Å². The van der Waals surface area contributed by atoms with Gasteiger partial charge in [-0.2, -0.15) is 18.3 Å². The Balaban J connectivity index is 1.66. The number of hydrogen-bond acceptors (Lipinski definition) is 6. The van der Waals surface area contributed by atoms with E-state index in [1.54, 1.807) is 42.5 Å². The van der Waals surface area contributed by atoms with Crippen LogP contribution in [0, 0.1) is 0 Å². The molecule has 5 aromatic rings. The van der Waals surface area contributed by atoms with E-state index >= 15 is 0 Å². The number of aromatic nitrogens is 3.